The molecule has 0 saturated carbocycles. The van der Waals surface area contributed by atoms with Crippen molar-refractivity contribution >= 4 is 92.5 Å². The van der Waals surface area contributed by atoms with Crippen LogP contribution in [0.3, 0.4) is 0 Å². The summed E-state index contributed by atoms with van der Waals surface area (Å²) in [7, 11) is 3.81. The highest BCUT2D eigenvalue weighted by Gasteiger charge is 2.20. The molecule has 0 saturated heterocycles. The first-order valence-electron chi connectivity index (χ1n) is 24.1. The molecule has 0 fully saturated rings. The Bertz CT molecular complexity index is 3500. The molecule has 0 atom stereocenters. The molecule has 77 heavy (non-hydrogen) atoms. The summed E-state index contributed by atoms with van der Waals surface area (Å²) in [6.45, 7) is 1.76. The molecule has 13 nitrogen and oxygen atoms in total. The molecule has 10 aromatic rings. The maximum absolute atomic E-state index is 12.0. The van der Waals surface area contributed by atoms with E-state index < -0.39 is 11.9 Å². The highest BCUT2D eigenvalue weighted by molar-refractivity contribution is 6.17. The number of fused-ring (bicyclic) bond motifs is 2. The predicted molar refractivity (Wildman–Crippen MR) is 297 cm³/mol. The molecular weight excluding hydrogens is 973 g/mol. The van der Waals surface area contributed by atoms with E-state index in [0.29, 0.717) is 34.5 Å². The van der Waals surface area contributed by atoms with E-state index in [2.05, 4.69) is 99.5 Å². The number of methoxy groups -OCH3 is 3. The smallest absolute Gasteiger partial charge is 0.373 e. The Morgan fingerprint density at radius 1 is 0.455 bits per heavy atom. The molecule has 2 aromatic heterocycles. The molecular formula is C64H52N2O11. The third-order valence-corrected chi connectivity index (χ3v) is 11.7. The van der Waals surface area contributed by atoms with Gasteiger partial charge in [0.05, 0.1) is 21.3 Å². The highest BCUT2D eigenvalue weighted by atomic mass is 16.5. The second-order valence-corrected chi connectivity index (χ2v) is 16.6. The lowest BCUT2D eigenvalue weighted by Crippen LogP contribution is -2.15. The quantitative estimate of drug-likeness (QED) is 0.0268. The Morgan fingerprint density at radius 2 is 0.792 bits per heavy atom. The fraction of sp³-hybridized carbons (Fsp3) is 0.0781. The molecule has 384 valence electrons. The van der Waals surface area contributed by atoms with Crippen molar-refractivity contribution in [1.82, 2.24) is 0 Å². The van der Waals surface area contributed by atoms with Gasteiger partial charge in [0.15, 0.2) is 0 Å². The van der Waals surface area contributed by atoms with Gasteiger partial charge < -0.3 is 32.8 Å². The van der Waals surface area contributed by atoms with Crippen molar-refractivity contribution in [3.63, 3.8) is 0 Å². The van der Waals surface area contributed by atoms with Crippen molar-refractivity contribution in [1.29, 1.82) is 0 Å². The molecule has 10 rings (SSSR count). The van der Waals surface area contributed by atoms with Crippen LogP contribution in [0.1, 0.15) is 29.3 Å². The first-order valence-corrected chi connectivity index (χ1v) is 24.1. The zero-order chi connectivity index (χ0) is 54.5. The Kier molecular flexibility index (Phi) is 19.1. The number of ether oxygens (including phenoxy) is 3. The van der Waals surface area contributed by atoms with Crippen molar-refractivity contribution in [2.24, 2.45) is 0 Å². The average Bonchev–Trinajstić information content (AvgIpc) is 4.13. The Labute approximate surface area is 444 Å². The van der Waals surface area contributed by atoms with Crippen LogP contribution < -0.4 is 9.80 Å². The number of carbonyl (C=O) groups is 4. The van der Waals surface area contributed by atoms with Gasteiger partial charge in [0.2, 0.25) is 0 Å². The van der Waals surface area contributed by atoms with E-state index in [4.69, 9.17) is 27.9 Å². The van der Waals surface area contributed by atoms with Crippen LogP contribution in [0.25, 0.3) is 50.7 Å². The molecule has 0 bridgehead atoms. The second-order valence-electron chi connectivity index (χ2n) is 16.6. The maximum atomic E-state index is 12.0. The van der Waals surface area contributed by atoms with E-state index in [1.807, 2.05) is 109 Å². The fourth-order valence-corrected chi connectivity index (χ4v) is 8.03. The average molecular weight is 1030 g/mol. The van der Waals surface area contributed by atoms with Crippen LogP contribution in [0.2, 0.25) is 0 Å². The van der Waals surface area contributed by atoms with Gasteiger partial charge in [-0.05, 0) is 133 Å². The molecule has 2 heterocycles. The van der Waals surface area contributed by atoms with E-state index in [1.165, 1.54) is 27.4 Å². The summed E-state index contributed by atoms with van der Waals surface area (Å²) in [4.78, 5) is 65.7. The summed E-state index contributed by atoms with van der Waals surface area (Å²) in [5.74, 6) is -0.199. The number of esters is 3. The van der Waals surface area contributed by atoms with Gasteiger partial charge in [-0.2, -0.15) is 9.59 Å². The van der Waals surface area contributed by atoms with Crippen molar-refractivity contribution in [3.8, 4) is 22.6 Å². The fourth-order valence-electron chi connectivity index (χ4n) is 8.03. The molecule has 0 radical (unpaired) electrons. The molecule has 0 spiro atoms. The van der Waals surface area contributed by atoms with E-state index in [-0.39, 0.29) is 17.7 Å². The van der Waals surface area contributed by atoms with Gasteiger partial charge in [-0.15, -0.1) is 0 Å². The topological polar surface area (TPSA) is 163 Å². The van der Waals surface area contributed by atoms with Crippen LogP contribution in [0.5, 0.6) is 0 Å². The minimum absolute atomic E-state index is 0.157. The predicted octanol–water partition coefficient (Wildman–Crippen LogP) is 14.7. The number of hydrogen-bond acceptors (Lipinski definition) is 13. The number of furan rings is 2. The van der Waals surface area contributed by atoms with Gasteiger partial charge in [-0.3, -0.25) is 9.59 Å². The number of para-hydroxylation sites is 4. The second kappa shape index (κ2) is 27.1. The third kappa shape index (κ3) is 14.0. The van der Waals surface area contributed by atoms with Crippen LogP contribution >= 0.6 is 0 Å². The van der Waals surface area contributed by atoms with Crippen LogP contribution in [0.15, 0.2) is 233 Å². The van der Waals surface area contributed by atoms with Gasteiger partial charge in [0, 0.05) is 68.0 Å². The zero-order valence-electron chi connectivity index (χ0n) is 42.5. The first kappa shape index (κ1) is 54.4. The van der Waals surface area contributed by atoms with E-state index in [0.717, 1.165) is 68.1 Å². The largest absolute Gasteiger partial charge is 0.469 e. The van der Waals surface area contributed by atoms with Crippen LogP contribution in [0.4, 0.5) is 34.1 Å². The summed E-state index contributed by atoms with van der Waals surface area (Å²) < 4.78 is 25.8. The number of benzene rings is 8. The number of carbonyl (C=O) groups excluding carboxylic acids is 6. The van der Waals surface area contributed by atoms with Crippen molar-refractivity contribution in [2.45, 2.75) is 13.3 Å². The molecule has 0 aliphatic rings. The minimum atomic E-state index is -0.766. The summed E-state index contributed by atoms with van der Waals surface area (Å²) in [5, 5.41) is 1.88. The van der Waals surface area contributed by atoms with Gasteiger partial charge >= 0.3 is 24.1 Å². The standard InChI is InChI=1S/C32H25NO5.C27H19NO2.C4H8O2.CO2/c1-36-31(34)28(32(35)37-2)19-22-13-14-24-21-30(38-29(24)20-22)23-15-17-27(18-16-23)33(25-9-5-3-6-10-25)26-11-7-4-8-12-26;29-19-20-11-12-22-18-27(30-26(22)17-20)21-13-15-25(16-14-21)28(23-7-3-1-4-8-23)24-9-5-2-6-10-24;1-3-4(5)6-2;2-1-3/h3-21H,1-2H3;1-19H;3H2,1-2H3;. The summed E-state index contributed by atoms with van der Waals surface area (Å²) >= 11 is 0. The van der Waals surface area contributed by atoms with Crippen LogP contribution in [-0.4, -0.2) is 51.7 Å². The van der Waals surface area contributed by atoms with Crippen molar-refractivity contribution in [2.75, 3.05) is 31.1 Å². The summed E-state index contributed by atoms with van der Waals surface area (Å²) in [5.41, 5.74) is 10.7. The van der Waals surface area contributed by atoms with Crippen molar-refractivity contribution in [3.05, 3.63) is 235 Å². The minimum Gasteiger partial charge on any atom is -0.469 e. The molecule has 8 aromatic carbocycles. The summed E-state index contributed by atoms with van der Waals surface area (Å²) in [6, 6.07) is 72.5. The molecule has 0 aliphatic carbocycles. The van der Waals surface area contributed by atoms with Crippen LogP contribution in [-0.2, 0) is 38.2 Å². The van der Waals surface area contributed by atoms with Crippen molar-refractivity contribution < 1.29 is 51.8 Å². The Hall–Kier alpha value is -10.4. The first-order chi connectivity index (χ1) is 37.6. The number of hydrogen-bond donors (Lipinski definition) is 0. The molecule has 13 heteroatoms. The monoisotopic (exact) mass is 1020 g/mol. The van der Waals surface area contributed by atoms with Gasteiger partial charge in [0.1, 0.15) is 34.5 Å². The number of aldehydes is 1. The summed E-state index contributed by atoms with van der Waals surface area (Å²) in [6.07, 6.45) is 2.98. The van der Waals surface area contributed by atoms with Gasteiger partial charge in [0.25, 0.3) is 0 Å². The van der Waals surface area contributed by atoms with Gasteiger partial charge in [-0.1, -0.05) is 104 Å². The Morgan fingerprint density at radius 3 is 1.10 bits per heavy atom. The van der Waals surface area contributed by atoms with E-state index in [9.17, 15) is 19.2 Å². The lowest BCUT2D eigenvalue weighted by molar-refractivity contribution is -0.191. The number of nitrogens with zero attached hydrogens (tertiary/aromatic N) is 2. The molecule has 0 aliphatic heterocycles. The normalized spacial score (nSPS) is 10.1. The lowest BCUT2D eigenvalue weighted by Gasteiger charge is -2.25. The number of rotatable bonds is 13. The third-order valence-electron chi connectivity index (χ3n) is 11.7. The van der Waals surface area contributed by atoms with Crippen LogP contribution in [0, 0.1) is 0 Å². The lowest BCUT2D eigenvalue weighted by atomic mass is 10.1. The number of anilines is 6. The molecule has 0 N–H and O–H groups in total. The molecule has 0 amide bonds. The van der Waals surface area contributed by atoms with E-state index in [1.54, 1.807) is 31.2 Å². The maximum Gasteiger partial charge on any atom is 0.373 e. The highest BCUT2D eigenvalue weighted by Crippen LogP contribution is 2.38. The zero-order valence-corrected chi connectivity index (χ0v) is 42.5. The Balaban J connectivity index is 0.000000197. The molecule has 0 unspecified atom stereocenters. The SMILES string of the molecule is CCC(=O)OC.COC(=O)C(=Cc1ccc2cc(-c3ccc(N(c4ccccc4)c4ccccc4)cc3)oc2c1)C(=O)OC.O=C=O.O=Cc1ccc2cc(-c3ccc(N(c4ccccc4)c4ccccc4)cc3)oc2c1. The van der Waals surface area contributed by atoms with Gasteiger partial charge in [-0.25, -0.2) is 9.59 Å². The van der Waals surface area contributed by atoms with E-state index >= 15 is 0 Å².